The lowest BCUT2D eigenvalue weighted by Crippen LogP contribution is -2.45. The van der Waals surface area contributed by atoms with Crippen molar-refractivity contribution in [2.24, 2.45) is 0 Å². The van der Waals surface area contributed by atoms with Crippen LogP contribution in [0.5, 0.6) is 0 Å². The summed E-state index contributed by atoms with van der Waals surface area (Å²) in [7, 11) is 0. The average Bonchev–Trinajstić information content (AvgIpc) is 2.82. The van der Waals surface area contributed by atoms with Crippen molar-refractivity contribution >= 4 is 5.82 Å². The Morgan fingerprint density at radius 1 is 0.871 bits per heavy atom. The molecule has 3 heterocycles. The van der Waals surface area contributed by atoms with E-state index in [4.69, 9.17) is 4.98 Å². The summed E-state index contributed by atoms with van der Waals surface area (Å²) >= 11 is 0. The molecule has 2 aromatic heterocycles. The van der Waals surface area contributed by atoms with E-state index in [1.165, 1.54) is 24.2 Å². The van der Waals surface area contributed by atoms with Gasteiger partial charge in [0.1, 0.15) is 11.5 Å². The number of likely N-dealkylation sites (N-methyl/N-ethyl adjacent to an activating group) is 1. The molecule has 6 nitrogen and oxygen atoms in total. The fraction of sp³-hybridized carbons (Fsp3) is 0.400. The third-order valence-corrected chi connectivity index (χ3v) is 6.08. The first kappa shape index (κ1) is 21.4. The lowest BCUT2D eigenvalue weighted by molar-refractivity contribution is 0.132. The van der Waals surface area contributed by atoms with Crippen LogP contribution in [0.1, 0.15) is 29.3 Å². The van der Waals surface area contributed by atoms with Crippen LogP contribution in [0.2, 0.25) is 0 Å². The smallest absolute Gasteiger partial charge is 0.180 e. The van der Waals surface area contributed by atoms with Crippen molar-refractivity contribution in [2.75, 3.05) is 38.0 Å². The second-order valence-electron chi connectivity index (χ2n) is 8.20. The van der Waals surface area contributed by atoms with Crippen LogP contribution >= 0.6 is 0 Å². The molecule has 1 N–H and O–H groups in total. The average molecular weight is 417 g/mol. The van der Waals surface area contributed by atoms with E-state index in [0.717, 1.165) is 55.5 Å². The molecule has 0 atom stereocenters. The lowest BCUT2D eigenvalue weighted by Gasteiger charge is -2.34. The second kappa shape index (κ2) is 9.98. The van der Waals surface area contributed by atoms with Gasteiger partial charge in [-0.25, -0.2) is 9.97 Å². The highest BCUT2D eigenvalue weighted by atomic mass is 15.3. The van der Waals surface area contributed by atoms with Crippen molar-refractivity contribution in [3.63, 3.8) is 0 Å². The zero-order chi connectivity index (χ0) is 21.6. The van der Waals surface area contributed by atoms with E-state index in [-0.39, 0.29) is 0 Å². The number of benzene rings is 1. The summed E-state index contributed by atoms with van der Waals surface area (Å²) in [5.41, 5.74) is 5.45. The topological polar surface area (TPSA) is 57.2 Å². The summed E-state index contributed by atoms with van der Waals surface area (Å²) in [6.07, 6.45) is 1.77. The fourth-order valence-corrected chi connectivity index (χ4v) is 3.88. The molecule has 3 aromatic rings. The van der Waals surface area contributed by atoms with Crippen LogP contribution in [0, 0.1) is 13.8 Å². The molecule has 31 heavy (non-hydrogen) atoms. The summed E-state index contributed by atoms with van der Waals surface area (Å²) < 4.78 is 0. The van der Waals surface area contributed by atoms with E-state index in [1.807, 2.05) is 25.1 Å². The van der Waals surface area contributed by atoms with E-state index in [2.05, 4.69) is 63.2 Å². The lowest BCUT2D eigenvalue weighted by atomic mass is 10.1. The van der Waals surface area contributed by atoms with E-state index < -0.39 is 0 Å². The monoisotopic (exact) mass is 416 g/mol. The predicted molar refractivity (Wildman–Crippen MR) is 126 cm³/mol. The number of aryl methyl sites for hydroxylation is 1. The van der Waals surface area contributed by atoms with E-state index >= 15 is 0 Å². The Morgan fingerprint density at radius 3 is 2.26 bits per heavy atom. The highest BCUT2D eigenvalue weighted by Gasteiger charge is 2.15. The van der Waals surface area contributed by atoms with Crippen molar-refractivity contribution in [3.05, 3.63) is 71.0 Å². The minimum Gasteiger partial charge on any atom is -0.366 e. The molecule has 0 bridgehead atoms. The first-order chi connectivity index (χ1) is 15.1. The molecule has 0 unspecified atom stereocenters. The van der Waals surface area contributed by atoms with Gasteiger partial charge < -0.3 is 10.2 Å². The molecular weight excluding hydrogens is 384 g/mol. The van der Waals surface area contributed by atoms with E-state index in [0.29, 0.717) is 5.82 Å². The third-order valence-electron chi connectivity index (χ3n) is 6.08. The van der Waals surface area contributed by atoms with Crippen LogP contribution in [-0.4, -0.2) is 57.5 Å². The number of rotatable bonds is 7. The molecule has 4 rings (SSSR count). The zero-order valence-electron chi connectivity index (χ0n) is 18.8. The van der Waals surface area contributed by atoms with Gasteiger partial charge in [0.05, 0.1) is 0 Å². The van der Waals surface area contributed by atoms with Crippen molar-refractivity contribution in [1.82, 2.24) is 24.8 Å². The van der Waals surface area contributed by atoms with Crippen LogP contribution in [-0.2, 0) is 13.1 Å². The first-order valence-electron chi connectivity index (χ1n) is 11.2. The minimum atomic E-state index is 0.657. The standard InChI is InChI=1S/C25H32N6/c1-4-30-13-15-31(16-14-30)18-22-10-8-21(9-11-22)17-27-24-19(2)20(3)28-25(29-24)23-7-5-6-12-26-23/h5-12H,4,13-18H2,1-3H3,(H,27,28,29). The maximum absolute atomic E-state index is 4.73. The Balaban J connectivity index is 1.38. The van der Waals surface area contributed by atoms with Crippen LogP contribution < -0.4 is 5.32 Å². The molecule has 1 aromatic carbocycles. The number of hydrogen-bond donors (Lipinski definition) is 1. The van der Waals surface area contributed by atoms with Gasteiger partial charge in [-0.1, -0.05) is 37.3 Å². The van der Waals surface area contributed by atoms with Gasteiger partial charge in [-0.15, -0.1) is 0 Å². The zero-order valence-corrected chi connectivity index (χ0v) is 18.8. The molecule has 0 aliphatic carbocycles. The fourth-order valence-electron chi connectivity index (χ4n) is 3.88. The number of nitrogens with zero attached hydrogens (tertiary/aromatic N) is 5. The predicted octanol–water partition coefficient (Wildman–Crippen LogP) is 3.91. The van der Waals surface area contributed by atoms with E-state index in [1.54, 1.807) is 6.20 Å². The molecule has 162 valence electrons. The Morgan fingerprint density at radius 2 is 1.58 bits per heavy atom. The normalized spacial score (nSPS) is 15.2. The number of aromatic nitrogens is 3. The van der Waals surface area contributed by atoms with Gasteiger partial charge in [-0.05, 0) is 43.7 Å². The molecule has 1 fully saturated rings. The summed E-state index contributed by atoms with van der Waals surface area (Å²) in [5, 5.41) is 3.50. The minimum absolute atomic E-state index is 0.657. The van der Waals surface area contributed by atoms with Gasteiger partial charge in [0.15, 0.2) is 5.82 Å². The maximum Gasteiger partial charge on any atom is 0.180 e. The summed E-state index contributed by atoms with van der Waals surface area (Å²) in [4.78, 5) is 18.8. The summed E-state index contributed by atoms with van der Waals surface area (Å²) in [5.74, 6) is 1.52. The summed E-state index contributed by atoms with van der Waals surface area (Å²) in [6, 6.07) is 14.7. The Hall–Kier alpha value is -2.83. The van der Waals surface area contributed by atoms with Crippen molar-refractivity contribution < 1.29 is 0 Å². The van der Waals surface area contributed by atoms with E-state index in [9.17, 15) is 0 Å². The molecule has 0 spiro atoms. The quantitative estimate of drug-likeness (QED) is 0.630. The molecule has 0 saturated carbocycles. The number of piperazine rings is 1. The number of nitrogens with one attached hydrogen (secondary N) is 1. The molecule has 1 aliphatic rings. The Bertz CT molecular complexity index is 979. The van der Waals surface area contributed by atoms with Crippen molar-refractivity contribution in [1.29, 1.82) is 0 Å². The number of hydrogen-bond acceptors (Lipinski definition) is 6. The van der Waals surface area contributed by atoms with Crippen LogP contribution in [0.25, 0.3) is 11.5 Å². The van der Waals surface area contributed by atoms with Crippen molar-refractivity contribution in [2.45, 2.75) is 33.9 Å². The van der Waals surface area contributed by atoms with Gasteiger partial charge >= 0.3 is 0 Å². The third kappa shape index (κ3) is 5.46. The molecule has 1 saturated heterocycles. The molecule has 0 radical (unpaired) electrons. The first-order valence-corrected chi connectivity index (χ1v) is 11.2. The molecular formula is C25H32N6. The van der Waals surface area contributed by atoms with Crippen LogP contribution in [0.15, 0.2) is 48.7 Å². The van der Waals surface area contributed by atoms with Gasteiger partial charge in [-0.3, -0.25) is 9.88 Å². The highest BCUT2D eigenvalue weighted by molar-refractivity contribution is 5.56. The van der Waals surface area contributed by atoms with Gasteiger partial charge in [0.25, 0.3) is 0 Å². The molecule has 0 amide bonds. The SMILES string of the molecule is CCN1CCN(Cc2ccc(CNc3nc(-c4ccccn4)nc(C)c3C)cc2)CC1. The number of pyridine rings is 1. The Kier molecular flexibility index (Phi) is 6.89. The summed E-state index contributed by atoms with van der Waals surface area (Å²) in [6.45, 7) is 13.9. The van der Waals surface area contributed by atoms with Gasteiger partial charge in [0.2, 0.25) is 0 Å². The largest absolute Gasteiger partial charge is 0.366 e. The number of anilines is 1. The Labute approximate surface area is 185 Å². The highest BCUT2D eigenvalue weighted by Crippen LogP contribution is 2.21. The molecule has 1 aliphatic heterocycles. The van der Waals surface area contributed by atoms with Gasteiger partial charge in [-0.2, -0.15) is 0 Å². The van der Waals surface area contributed by atoms with Crippen LogP contribution in [0.3, 0.4) is 0 Å². The maximum atomic E-state index is 4.73. The van der Waals surface area contributed by atoms with Crippen LogP contribution in [0.4, 0.5) is 5.82 Å². The van der Waals surface area contributed by atoms with Gasteiger partial charge in [0, 0.05) is 56.7 Å². The molecule has 6 heteroatoms. The van der Waals surface area contributed by atoms with Crippen molar-refractivity contribution in [3.8, 4) is 11.5 Å². The second-order valence-corrected chi connectivity index (χ2v) is 8.20.